The SMILES string of the molecule is O=C(NCCC1CCCNC1)C1CC12CCCc1ccccc12. The van der Waals surface area contributed by atoms with Crippen LogP contribution in [0.5, 0.6) is 0 Å². The van der Waals surface area contributed by atoms with Crippen LogP contribution >= 0.6 is 0 Å². The summed E-state index contributed by atoms with van der Waals surface area (Å²) in [5.74, 6) is 1.26. The largest absolute Gasteiger partial charge is 0.356 e. The van der Waals surface area contributed by atoms with Gasteiger partial charge in [0.15, 0.2) is 0 Å². The Morgan fingerprint density at radius 2 is 2.22 bits per heavy atom. The summed E-state index contributed by atoms with van der Waals surface area (Å²) in [5, 5.41) is 6.68. The Morgan fingerprint density at radius 1 is 1.30 bits per heavy atom. The maximum Gasteiger partial charge on any atom is 0.224 e. The molecule has 1 saturated carbocycles. The Labute approximate surface area is 139 Å². The van der Waals surface area contributed by atoms with Crippen LogP contribution in [-0.2, 0) is 16.6 Å². The van der Waals surface area contributed by atoms with E-state index in [1.165, 1.54) is 43.2 Å². The summed E-state index contributed by atoms with van der Waals surface area (Å²) in [6, 6.07) is 8.78. The maximum atomic E-state index is 12.6. The Morgan fingerprint density at radius 3 is 3.09 bits per heavy atom. The van der Waals surface area contributed by atoms with Crippen LogP contribution in [-0.4, -0.2) is 25.5 Å². The lowest BCUT2D eigenvalue weighted by Crippen LogP contribution is -2.34. The third-order valence-corrected chi connectivity index (χ3v) is 6.27. The molecule has 0 aromatic heterocycles. The fourth-order valence-electron chi connectivity index (χ4n) is 4.87. The summed E-state index contributed by atoms with van der Waals surface area (Å²) >= 11 is 0. The van der Waals surface area contributed by atoms with Crippen LogP contribution < -0.4 is 10.6 Å². The monoisotopic (exact) mass is 312 g/mol. The van der Waals surface area contributed by atoms with Gasteiger partial charge < -0.3 is 10.6 Å². The van der Waals surface area contributed by atoms with Crippen LogP contribution in [0.4, 0.5) is 0 Å². The van der Waals surface area contributed by atoms with E-state index in [9.17, 15) is 4.79 Å². The standard InChI is InChI=1S/C20H28N2O/c23-19(22-12-9-15-5-4-11-21-14-15)18-13-20(18)10-3-7-16-6-1-2-8-17(16)20/h1-2,6,8,15,18,21H,3-5,7,9-14H2,(H,22,23). The van der Waals surface area contributed by atoms with Gasteiger partial charge in [0.25, 0.3) is 0 Å². The first-order valence-electron chi connectivity index (χ1n) is 9.36. The van der Waals surface area contributed by atoms with Gasteiger partial charge in [0.05, 0.1) is 0 Å². The van der Waals surface area contributed by atoms with E-state index >= 15 is 0 Å². The topological polar surface area (TPSA) is 41.1 Å². The number of amides is 1. The summed E-state index contributed by atoms with van der Waals surface area (Å²) in [6.07, 6.45) is 8.37. The summed E-state index contributed by atoms with van der Waals surface area (Å²) in [6.45, 7) is 3.13. The van der Waals surface area contributed by atoms with Gasteiger partial charge >= 0.3 is 0 Å². The van der Waals surface area contributed by atoms with Crippen LogP contribution in [0.1, 0.15) is 49.7 Å². The second-order valence-corrected chi connectivity index (χ2v) is 7.72. The normalized spacial score (nSPS) is 32.3. The predicted molar refractivity (Wildman–Crippen MR) is 92.4 cm³/mol. The van der Waals surface area contributed by atoms with Gasteiger partial charge in [0.2, 0.25) is 5.91 Å². The molecule has 3 aliphatic rings. The summed E-state index contributed by atoms with van der Waals surface area (Å²) in [5.41, 5.74) is 3.11. The van der Waals surface area contributed by atoms with Crippen LogP contribution in [0.15, 0.2) is 24.3 Å². The first-order valence-corrected chi connectivity index (χ1v) is 9.36. The second kappa shape index (κ2) is 6.27. The van der Waals surface area contributed by atoms with Gasteiger partial charge in [-0.3, -0.25) is 4.79 Å². The highest BCUT2D eigenvalue weighted by atomic mass is 16.2. The van der Waals surface area contributed by atoms with Crippen LogP contribution in [0.3, 0.4) is 0 Å². The zero-order chi connectivity index (χ0) is 15.7. The zero-order valence-corrected chi connectivity index (χ0v) is 13.9. The molecule has 1 amide bonds. The number of fused-ring (bicyclic) bond motifs is 2. The molecule has 2 fully saturated rings. The molecule has 3 nitrogen and oxygen atoms in total. The third kappa shape index (κ3) is 2.91. The molecule has 3 unspecified atom stereocenters. The van der Waals surface area contributed by atoms with E-state index in [-0.39, 0.29) is 11.3 Å². The average Bonchev–Trinajstić information content (AvgIpc) is 3.31. The van der Waals surface area contributed by atoms with Gasteiger partial charge in [0, 0.05) is 17.9 Å². The molecule has 0 radical (unpaired) electrons. The van der Waals surface area contributed by atoms with Crippen molar-refractivity contribution in [1.82, 2.24) is 10.6 Å². The fourth-order valence-corrected chi connectivity index (χ4v) is 4.87. The Balaban J connectivity index is 1.33. The Hall–Kier alpha value is -1.35. The zero-order valence-electron chi connectivity index (χ0n) is 13.9. The minimum atomic E-state index is 0.172. The number of piperidine rings is 1. The highest BCUT2D eigenvalue weighted by molar-refractivity contribution is 5.84. The lowest BCUT2D eigenvalue weighted by Gasteiger charge is -2.26. The fraction of sp³-hybridized carbons (Fsp3) is 0.650. The molecule has 3 atom stereocenters. The van der Waals surface area contributed by atoms with Gasteiger partial charge in [-0.15, -0.1) is 0 Å². The molecule has 0 bridgehead atoms. The second-order valence-electron chi connectivity index (χ2n) is 7.72. The number of carbonyl (C=O) groups excluding carboxylic acids is 1. The maximum absolute atomic E-state index is 12.6. The number of rotatable bonds is 4. The van der Waals surface area contributed by atoms with Crippen molar-refractivity contribution >= 4 is 5.91 Å². The van der Waals surface area contributed by atoms with Crippen molar-refractivity contribution in [3.05, 3.63) is 35.4 Å². The molecule has 1 aromatic rings. The van der Waals surface area contributed by atoms with E-state index in [4.69, 9.17) is 0 Å². The number of hydrogen-bond donors (Lipinski definition) is 2. The van der Waals surface area contributed by atoms with Gasteiger partial charge in [-0.05, 0) is 75.1 Å². The molecule has 1 spiro atoms. The molecule has 1 aliphatic heterocycles. The lowest BCUT2D eigenvalue weighted by atomic mass is 9.78. The molecule has 4 rings (SSSR count). The molecular formula is C20H28N2O. The third-order valence-electron chi connectivity index (χ3n) is 6.27. The van der Waals surface area contributed by atoms with E-state index in [2.05, 4.69) is 34.9 Å². The summed E-state index contributed by atoms with van der Waals surface area (Å²) in [7, 11) is 0. The first kappa shape index (κ1) is 15.2. The van der Waals surface area contributed by atoms with Crippen molar-refractivity contribution in [3.8, 4) is 0 Å². The molecular weight excluding hydrogens is 284 g/mol. The van der Waals surface area contributed by atoms with Crippen LogP contribution in [0.2, 0.25) is 0 Å². The summed E-state index contributed by atoms with van der Waals surface area (Å²) in [4.78, 5) is 12.6. The highest BCUT2D eigenvalue weighted by Crippen LogP contribution is 2.60. The van der Waals surface area contributed by atoms with E-state index < -0.39 is 0 Å². The molecule has 23 heavy (non-hydrogen) atoms. The van der Waals surface area contributed by atoms with Gasteiger partial charge in [-0.25, -0.2) is 0 Å². The quantitative estimate of drug-likeness (QED) is 0.897. The molecule has 1 aromatic carbocycles. The van der Waals surface area contributed by atoms with Crippen molar-refractivity contribution in [2.75, 3.05) is 19.6 Å². The van der Waals surface area contributed by atoms with E-state index in [0.29, 0.717) is 5.91 Å². The van der Waals surface area contributed by atoms with E-state index in [1.807, 2.05) is 0 Å². The smallest absolute Gasteiger partial charge is 0.224 e. The van der Waals surface area contributed by atoms with E-state index in [1.54, 1.807) is 0 Å². The highest BCUT2D eigenvalue weighted by Gasteiger charge is 2.59. The van der Waals surface area contributed by atoms with Crippen molar-refractivity contribution in [1.29, 1.82) is 0 Å². The minimum Gasteiger partial charge on any atom is -0.356 e. The van der Waals surface area contributed by atoms with Crippen molar-refractivity contribution in [2.45, 2.75) is 50.4 Å². The molecule has 3 heteroatoms. The summed E-state index contributed by atoms with van der Waals surface area (Å²) < 4.78 is 0. The van der Waals surface area contributed by atoms with Gasteiger partial charge in [-0.1, -0.05) is 24.3 Å². The number of hydrogen-bond acceptors (Lipinski definition) is 2. The number of nitrogens with one attached hydrogen (secondary N) is 2. The first-order chi connectivity index (χ1) is 11.3. The van der Waals surface area contributed by atoms with Gasteiger partial charge in [-0.2, -0.15) is 0 Å². The van der Waals surface area contributed by atoms with Crippen molar-refractivity contribution < 1.29 is 4.79 Å². The average molecular weight is 312 g/mol. The number of aryl methyl sites for hydroxylation is 1. The Kier molecular flexibility index (Phi) is 4.14. The van der Waals surface area contributed by atoms with Gasteiger partial charge in [0.1, 0.15) is 0 Å². The number of carbonyl (C=O) groups is 1. The molecule has 2 N–H and O–H groups in total. The molecule has 2 aliphatic carbocycles. The lowest BCUT2D eigenvalue weighted by molar-refractivity contribution is -0.122. The van der Waals surface area contributed by atoms with Crippen molar-refractivity contribution in [2.24, 2.45) is 11.8 Å². The predicted octanol–water partition coefficient (Wildman–Crippen LogP) is 2.79. The van der Waals surface area contributed by atoms with Crippen LogP contribution in [0.25, 0.3) is 0 Å². The van der Waals surface area contributed by atoms with Crippen molar-refractivity contribution in [3.63, 3.8) is 0 Å². The van der Waals surface area contributed by atoms with Crippen LogP contribution in [0, 0.1) is 11.8 Å². The van der Waals surface area contributed by atoms with E-state index in [0.717, 1.165) is 38.4 Å². The Bertz CT molecular complexity index is 579. The molecule has 124 valence electrons. The molecule has 1 saturated heterocycles. The minimum absolute atomic E-state index is 0.172. The number of benzene rings is 1. The molecule has 1 heterocycles.